The largest absolute Gasteiger partial charge is 0.481 e. The van der Waals surface area contributed by atoms with Crippen molar-refractivity contribution < 1.29 is 22.7 Å². The molecule has 2 N–H and O–H groups in total. The Hall–Kier alpha value is -2.78. The lowest BCUT2D eigenvalue weighted by atomic mass is 10.0. The van der Waals surface area contributed by atoms with Crippen LogP contribution in [-0.2, 0) is 34.0 Å². The number of halogens is 1. The molecule has 3 heterocycles. The van der Waals surface area contributed by atoms with Crippen LogP contribution in [0.15, 0.2) is 47.5 Å². The SMILES string of the molecule is O=C(O)Cc1c2n(c3ncccc13)CC(NCS(=O)(=O)c1ccc(F)cc1)CC2. The number of nitrogens with one attached hydrogen (secondary N) is 1. The maximum atomic E-state index is 13.0. The van der Waals surface area contributed by atoms with Gasteiger partial charge in [0, 0.05) is 29.9 Å². The summed E-state index contributed by atoms with van der Waals surface area (Å²) in [5.74, 6) is -1.64. The first-order valence-corrected chi connectivity index (χ1v) is 10.9. The summed E-state index contributed by atoms with van der Waals surface area (Å²) in [4.78, 5) is 15.8. The van der Waals surface area contributed by atoms with Gasteiger partial charge in [0.15, 0.2) is 9.84 Å². The van der Waals surface area contributed by atoms with Crippen molar-refractivity contribution in [1.29, 1.82) is 0 Å². The molecule has 0 aliphatic carbocycles. The third-order valence-electron chi connectivity index (χ3n) is 5.24. The molecule has 1 unspecified atom stereocenters. The number of fused-ring (bicyclic) bond motifs is 3. The molecule has 0 saturated carbocycles. The highest BCUT2D eigenvalue weighted by Gasteiger charge is 2.27. The minimum absolute atomic E-state index is 0.0679. The first kappa shape index (κ1) is 19.5. The van der Waals surface area contributed by atoms with Gasteiger partial charge >= 0.3 is 5.97 Å². The van der Waals surface area contributed by atoms with Crippen molar-refractivity contribution in [2.45, 2.75) is 36.7 Å². The van der Waals surface area contributed by atoms with Crippen LogP contribution in [0.4, 0.5) is 4.39 Å². The molecule has 0 bridgehead atoms. The Morgan fingerprint density at radius 2 is 2.03 bits per heavy atom. The van der Waals surface area contributed by atoms with E-state index in [0.29, 0.717) is 25.0 Å². The minimum Gasteiger partial charge on any atom is -0.481 e. The summed E-state index contributed by atoms with van der Waals surface area (Å²) in [6, 6.07) is 8.31. The van der Waals surface area contributed by atoms with Crippen molar-refractivity contribution in [2.75, 3.05) is 5.88 Å². The highest BCUT2D eigenvalue weighted by molar-refractivity contribution is 7.91. The van der Waals surface area contributed by atoms with E-state index in [4.69, 9.17) is 0 Å². The van der Waals surface area contributed by atoms with Crippen molar-refractivity contribution in [2.24, 2.45) is 0 Å². The summed E-state index contributed by atoms with van der Waals surface area (Å²) < 4.78 is 40.0. The molecule has 0 fully saturated rings. The fourth-order valence-electron chi connectivity index (χ4n) is 3.87. The Morgan fingerprint density at radius 1 is 1.28 bits per heavy atom. The van der Waals surface area contributed by atoms with Crippen molar-refractivity contribution in [3.63, 3.8) is 0 Å². The smallest absolute Gasteiger partial charge is 0.307 e. The van der Waals surface area contributed by atoms with Crippen LogP contribution in [0.2, 0.25) is 0 Å². The average Bonchev–Trinajstić information content (AvgIpc) is 3.00. The zero-order valence-electron chi connectivity index (χ0n) is 15.5. The maximum Gasteiger partial charge on any atom is 0.307 e. The van der Waals surface area contributed by atoms with E-state index in [2.05, 4.69) is 10.3 Å². The molecule has 1 aromatic carbocycles. The molecule has 0 spiro atoms. The van der Waals surface area contributed by atoms with E-state index >= 15 is 0 Å². The van der Waals surface area contributed by atoms with E-state index < -0.39 is 21.6 Å². The Kier molecular flexibility index (Phi) is 5.10. The molecule has 29 heavy (non-hydrogen) atoms. The zero-order chi connectivity index (χ0) is 20.6. The second-order valence-corrected chi connectivity index (χ2v) is 9.12. The van der Waals surface area contributed by atoms with Crippen LogP contribution in [-0.4, -0.2) is 41.0 Å². The Labute approximate surface area is 167 Å². The number of carbonyl (C=O) groups is 1. The molecule has 0 amide bonds. The molecular weight excluding hydrogens is 397 g/mol. The first-order valence-electron chi connectivity index (χ1n) is 9.23. The molecule has 0 saturated heterocycles. The second kappa shape index (κ2) is 7.57. The number of aromatic nitrogens is 2. The second-order valence-electron chi connectivity index (χ2n) is 7.13. The first-order chi connectivity index (χ1) is 13.8. The standard InChI is InChI=1S/C20H20FN3O4S/c21-13-3-6-15(7-4-13)29(27,28)12-23-14-5-8-18-17(10-19(25)26)16-2-1-9-22-20(16)24(18)11-14/h1-4,6-7,9,14,23H,5,8,10-12H2,(H,25,26). The van der Waals surface area contributed by atoms with Crippen LogP contribution >= 0.6 is 0 Å². The van der Waals surface area contributed by atoms with Gasteiger partial charge in [0.25, 0.3) is 0 Å². The van der Waals surface area contributed by atoms with Crippen LogP contribution in [0.1, 0.15) is 17.7 Å². The molecule has 9 heteroatoms. The van der Waals surface area contributed by atoms with Crippen LogP contribution in [0.5, 0.6) is 0 Å². The molecule has 1 aliphatic rings. The van der Waals surface area contributed by atoms with E-state index in [-0.39, 0.29) is 23.2 Å². The van der Waals surface area contributed by atoms with Gasteiger partial charge in [-0.05, 0) is 54.8 Å². The van der Waals surface area contributed by atoms with Crippen LogP contribution in [0, 0.1) is 5.82 Å². The molecule has 3 aromatic rings. The zero-order valence-corrected chi connectivity index (χ0v) is 16.3. The number of aliphatic carboxylic acids is 1. The normalized spacial score (nSPS) is 16.7. The van der Waals surface area contributed by atoms with Crippen molar-refractivity contribution in [1.82, 2.24) is 14.9 Å². The number of hydrogen-bond donors (Lipinski definition) is 2. The minimum atomic E-state index is -3.59. The lowest BCUT2D eigenvalue weighted by Gasteiger charge is -2.26. The third-order valence-corrected chi connectivity index (χ3v) is 6.77. The van der Waals surface area contributed by atoms with Gasteiger partial charge in [0.05, 0.1) is 11.3 Å². The van der Waals surface area contributed by atoms with Gasteiger partial charge in [-0.3, -0.25) is 10.1 Å². The van der Waals surface area contributed by atoms with E-state index in [1.54, 1.807) is 12.3 Å². The molecule has 7 nitrogen and oxygen atoms in total. The molecule has 0 radical (unpaired) electrons. The predicted molar refractivity (Wildman–Crippen MR) is 105 cm³/mol. The lowest BCUT2D eigenvalue weighted by molar-refractivity contribution is -0.136. The summed E-state index contributed by atoms with van der Waals surface area (Å²) in [5.41, 5.74) is 2.44. The number of rotatable bonds is 6. The van der Waals surface area contributed by atoms with Crippen molar-refractivity contribution >= 4 is 26.8 Å². The summed E-state index contributed by atoms with van der Waals surface area (Å²) in [6.45, 7) is 0.501. The third kappa shape index (κ3) is 3.88. The van der Waals surface area contributed by atoms with Crippen molar-refractivity contribution in [3.8, 4) is 0 Å². The number of carboxylic acid groups (broad SMARTS) is 1. The Balaban J connectivity index is 1.55. The number of hydrogen-bond acceptors (Lipinski definition) is 5. The highest BCUT2D eigenvalue weighted by atomic mass is 32.2. The monoisotopic (exact) mass is 417 g/mol. The summed E-state index contributed by atoms with van der Waals surface area (Å²) >= 11 is 0. The quantitative estimate of drug-likeness (QED) is 0.596. The van der Waals surface area contributed by atoms with Gasteiger partial charge < -0.3 is 9.67 Å². The molecule has 152 valence electrons. The summed E-state index contributed by atoms with van der Waals surface area (Å²) in [7, 11) is -3.59. The number of pyridine rings is 1. The number of benzene rings is 1. The van der Waals surface area contributed by atoms with Gasteiger partial charge in [0.1, 0.15) is 17.3 Å². The molecule has 2 aromatic heterocycles. The van der Waals surface area contributed by atoms with Gasteiger partial charge in [-0.15, -0.1) is 0 Å². The van der Waals surface area contributed by atoms with E-state index in [1.165, 1.54) is 12.1 Å². The Bertz CT molecular complexity index is 1170. The number of nitrogens with zero attached hydrogens (tertiary/aromatic N) is 2. The fourth-order valence-corrected chi connectivity index (χ4v) is 5.04. The van der Waals surface area contributed by atoms with E-state index in [1.807, 2.05) is 10.6 Å². The average molecular weight is 417 g/mol. The fraction of sp³-hybridized carbons (Fsp3) is 0.300. The number of carboxylic acids is 1. The van der Waals surface area contributed by atoms with Gasteiger partial charge in [-0.2, -0.15) is 0 Å². The van der Waals surface area contributed by atoms with Crippen LogP contribution in [0.25, 0.3) is 11.0 Å². The van der Waals surface area contributed by atoms with Gasteiger partial charge in [-0.25, -0.2) is 17.8 Å². The van der Waals surface area contributed by atoms with Crippen LogP contribution in [0.3, 0.4) is 0 Å². The Morgan fingerprint density at radius 3 is 2.76 bits per heavy atom. The lowest BCUT2D eigenvalue weighted by Crippen LogP contribution is -2.40. The summed E-state index contributed by atoms with van der Waals surface area (Å²) in [5, 5.41) is 13.2. The van der Waals surface area contributed by atoms with Crippen molar-refractivity contribution in [3.05, 3.63) is 59.7 Å². The molecule has 1 atom stereocenters. The van der Waals surface area contributed by atoms with E-state index in [9.17, 15) is 22.7 Å². The topological polar surface area (TPSA) is 101 Å². The van der Waals surface area contributed by atoms with E-state index in [0.717, 1.165) is 28.8 Å². The molecule has 4 rings (SSSR count). The number of sulfone groups is 1. The molecular formula is C20H20FN3O4S. The van der Waals surface area contributed by atoms with Gasteiger partial charge in [-0.1, -0.05) is 0 Å². The predicted octanol–water partition coefficient (Wildman–Crippen LogP) is 2.14. The summed E-state index contributed by atoms with van der Waals surface area (Å²) in [6.07, 6.45) is 2.91. The van der Waals surface area contributed by atoms with Crippen LogP contribution < -0.4 is 5.32 Å². The molecule has 1 aliphatic heterocycles. The maximum absolute atomic E-state index is 13.0. The van der Waals surface area contributed by atoms with Gasteiger partial charge in [0.2, 0.25) is 0 Å². The highest BCUT2D eigenvalue weighted by Crippen LogP contribution is 2.30.